The van der Waals surface area contributed by atoms with Crippen LogP contribution in [-0.4, -0.2) is 27.3 Å². The summed E-state index contributed by atoms with van der Waals surface area (Å²) in [5, 5.41) is 2.99. The second-order valence-electron chi connectivity index (χ2n) is 9.74. The second kappa shape index (κ2) is 8.94. The number of nitrogens with one attached hydrogen (secondary N) is 1. The molecule has 0 bridgehead atoms. The predicted octanol–water partition coefficient (Wildman–Crippen LogP) is 4.67. The summed E-state index contributed by atoms with van der Waals surface area (Å²) in [6.07, 6.45) is 5.96. The van der Waals surface area contributed by atoms with Gasteiger partial charge in [-0.25, -0.2) is 4.98 Å². The SMILES string of the molecule is CC(C)(C)NC(=O)C(c1cccnc1)N(C(=O)c1ncco1)c1ccc(C(C)(C)C)cc1. The number of amides is 2. The number of nitrogens with zero attached hydrogens (tertiary/aromatic N) is 3. The zero-order valence-corrected chi connectivity index (χ0v) is 19.4. The molecule has 0 spiro atoms. The molecule has 0 fully saturated rings. The van der Waals surface area contributed by atoms with Crippen molar-refractivity contribution in [1.82, 2.24) is 15.3 Å². The smallest absolute Gasteiger partial charge is 0.315 e. The summed E-state index contributed by atoms with van der Waals surface area (Å²) in [7, 11) is 0. The standard InChI is InChI=1S/C25H30N4O3/c1-24(2,3)18-9-11-19(12-10-18)29(23(31)22-27-14-15-32-22)20(17-8-7-13-26-16-17)21(30)28-25(4,5)6/h7-16,20H,1-6H3,(H,28,30). The van der Waals surface area contributed by atoms with E-state index in [9.17, 15) is 9.59 Å². The van der Waals surface area contributed by atoms with Gasteiger partial charge in [-0.05, 0) is 49.9 Å². The van der Waals surface area contributed by atoms with Crippen LogP contribution in [0.25, 0.3) is 0 Å². The molecule has 2 heterocycles. The quantitative estimate of drug-likeness (QED) is 0.630. The van der Waals surface area contributed by atoms with Gasteiger partial charge in [0.1, 0.15) is 12.3 Å². The van der Waals surface area contributed by atoms with Crippen molar-refractivity contribution in [1.29, 1.82) is 0 Å². The van der Waals surface area contributed by atoms with E-state index in [0.717, 1.165) is 5.56 Å². The molecule has 168 valence electrons. The summed E-state index contributed by atoms with van der Waals surface area (Å²) in [6.45, 7) is 12.0. The highest BCUT2D eigenvalue weighted by Crippen LogP contribution is 2.32. The van der Waals surface area contributed by atoms with Gasteiger partial charge < -0.3 is 9.73 Å². The molecule has 0 aliphatic rings. The Labute approximate surface area is 188 Å². The molecule has 2 amide bonds. The molecule has 3 rings (SSSR count). The lowest BCUT2D eigenvalue weighted by atomic mass is 9.87. The van der Waals surface area contributed by atoms with Crippen molar-refractivity contribution in [3.8, 4) is 0 Å². The fourth-order valence-electron chi connectivity index (χ4n) is 3.33. The molecule has 1 N–H and O–H groups in total. The number of pyridine rings is 1. The van der Waals surface area contributed by atoms with Crippen molar-refractivity contribution in [2.75, 3.05) is 4.90 Å². The normalized spacial score (nSPS) is 12.8. The lowest BCUT2D eigenvalue weighted by Gasteiger charge is -2.33. The van der Waals surface area contributed by atoms with Crippen LogP contribution < -0.4 is 10.2 Å². The Bertz CT molecular complexity index is 1050. The van der Waals surface area contributed by atoms with Crippen LogP contribution in [0.4, 0.5) is 5.69 Å². The Morgan fingerprint density at radius 2 is 1.69 bits per heavy atom. The van der Waals surface area contributed by atoms with Crippen molar-refractivity contribution in [2.24, 2.45) is 0 Å². The maximum atomic E-state index is 13.5. The zero-order valence-electron chi connectivity index (χ0n) is 19.4. The van der Waals surface area contributed by atoms with Crippen LogP contribution in [0.3, 0.4) is 0 Å². The summed E-state index contributed by atoms with van der Waals surface area (Å²) < 4.78 is 5.29. The van der Waals surface area contributed by atoms with Crippen molar-refractivity contribution < 1.29 is 14.0 Å². The van der Waals surface area contributed by atoms with Crippen LogP contribution in [-0.2, 0) is 10.2 Å². The Morgan fingerprint density at radius 1 is 1.00 bits per heavy atom. The largest absolute Gasteiger partial charge is 0.441 e. The summed E-state index contributed by atoms with van der Waals surface area (Å²) in [5.74, 6) is -0.941. The number of carbonyl (C=O) groups is 2. The van der Waals surface area contributed by atoms with Gasteiger partial charge in [0.05, 0.1) is 6.20 Å². The number of hydrogen-bond donors (Lipinski definition) is 1. The third-order valence-electron chi connectivity index (χ3n) is 4.85. The maximum absolute atomic E-state index is 13.5. The molecule has 32 heavy (non-hydrogen) atoms. The molecule has 0 saturated carbocycles. The number of benzene rings is 1. The van der Waals surface area contributed by atoms with Gasteiger partial charge in [0.2, 0.25) is 5.91 Å². The van der Waals surface area contributed by atoms with Crippen LogP contribution >= 0.6 is 0 Å². The van der Waals surface area contributed by atoms with Gasteiger partial charge in [-0.15, -0.1) is 0 Å². The molecule has 0 aliphatic heterocycles. The molecule has 2 aromatic heterocycles. The third kappa shape index (κ3) is 5.41. The first-order valence-corrected chi connectivity index (χ1v) is 10.5. The van der Waals surface area contributed by atoms with Crippen LogP contribution in [0, 0.1) is 0 Å². The molecule has 3 aromatic rings. The average molecular weight is 435 g/mol. The first kappa shape index (κ1) is 23.2. The number of hydrogen-bond acceptors (Lipinski definition) is 5. The average Bonchev–Trinajstić information content (AvgIpc) is 3.25. The highest BCUT2D eigenvalue weighted by Gasteiger charge is 2.36. The van der Waals surface area contributed by atoms with E-state index in [-0.39, 0.29) is 17.2 Å². The van der Waals surface area contributed by atoms with E-state index in [1.807, 2.05) is 45.0 Å². The van der Waals surface area contributed by atoms with E-state index >= 15 is 0 Å². The minimum atomic E-state index is -0.970. The topological polar surface area (TPSA) is 88.3 Å². The summed E-state index contributed by atoms with van der Waals surface area (Å²) >= 11 is 0. The van der Waals surface area contributed by atoms with Gasteiger partial charge in [0.15, 0.2) is 0 Å². The van der Waals surface area contributed by atoms with Gasteiger partial charge >= 0.3 is 5.91 Å². The molecule has 1 atom stereocenters. The Hall–Kier alpha value is -3.48. The minimum absolute atomic E-state index is 0.0533. The molecule has 0 saturated heterocycles. The van der Waals surface area contributed by atoms with Gasteiger partial charge in [-0.3, -0.25) is 19.5 Å². The predicted molar refractivity (Wildman–Crippen MR) is 123 cm³/mol. The number of rotatable bonds is 5. The summed E-state index contributed by atoms with van der Waals surface area (Å²) in [5.41, 5.74) is 1.70. The monoisotopic (exact) mass is 434 g/mol. The van der Waals surface area contributed by atoms with Gasteiger partial charge in [0, 0.05) is 29.2 Å². The molecule has 1 aromatic carbocycles. The van der Waals surface area contributed by atoms with Crippen LogP contribution in [0.5, 0.6) is 0 Å². The van der Waals surface area contributed by atoms with Crippen molar-refractivity contribution in [2.45, 2.75) is 58.5 Å². The van der Waals surface area contributed by atoms with Crippen molar-refractivity contribution >= 4 is 17.5 Å². The molecule has 1 unspecified atom stereocenters. The van der Waals surface area contributed by atoms with E-state index < -0.39 is 17.5 Å². The van der Waals surface area contributed by atoms with E-state index in [0.29, 0.717) is 11.3 Å². The van der Waals surface area contributed by atoms with Crippen LogP contribution in [0.15, 0.2) is 65.7 Å². The Balaban J connectivity index is 2.15. The van der Waals surface area contributed by atoms with Crippen LogP contribution in [0.2, 0.25) is 0 Å². The Morgan fingerprint density at radius 3 is 2.19 bits per heavy atom. The molecular weight excluding hydrogens is 404 g/mol. The van der Waals surface area contributed by atoms with Gasteiger partial charge in [-0.1, -0.05) is 39.0 Å². The molecule has 7 nitrogen and oxygen atoms in total. The first-order valence-electron chi connectivity index (χ1n) is 10.5. The minimum Gasteiger partial charge on any atom is -0.441 e. The molecule has 7 heteroatoms. The highest BCUT2D eigenvalue weighted by atomic mass is 16.4. The fourth-order valence-corrected chi connectivity index (χ4v) is 3.33. The van der Waals surface area contributed by atoms with E-state index in [2.05, 4.69) is 36.1 Å². The van der Waals surface area contributed by atoms with Crippen LogP contribution in [0.1, 0.15) is 69.4 Å². The number of oxazole rings is 1. The second-order valence-corrected chi connectivity index (χ2v) is 9.74. The van der Waals surface area contributed by atoms with E-state index in [1.54, 1.807) is 24.5 Å². The fraction of sp³-hybridized carbons (Fsp3) is 0.360. The van der Waals surface area contributed by atoms with E-state index in [4.69, 9.17) is 4.42 Å². The third-order valence-corrected chi connectivity index (χ3v) is 4.85. The maximum Gasteiger partial charge on any atom is 0.315 e. The van der Waals surface area contributed by atoms with Crippen molar-refractivity contribution in [3.05, 3.63) is 78.3 Å². The van der Waals surface area contributed by atoms with E-state index in [1.165, 1.54) is 17.4 Å². The zero-order chi connectivity index (χ0) is 23.5. The lowest BCUT2D eigenvalue weighted by Crippen LogP contribution is -2.49. The first-order chi connectivity index (χ1) is 15.0. The summed E-state index contributed by atoms with van der Waals surface area (Å²) in [6, 6.07) is 10.2. The number of aromatic nitrogens is 2. The molecule has 0 radical (unpaired) electrons. The Kier molecular flexibility index (Phi) is 6.48. The number of anilines is 1. The highest BCUT2D eigenvalue weighted by molar-refractivity contribution is 6.07. The summed E-state index contributed by atoms with van der Waals surface area (Å²) in [4.78, 5) is 36.6. The molecule has 0 aliphatic carbocycles. The lowest BCUT2D eigenvalue weighted by molar-refractivity contribution is -0.123. The number of carbonyl (C=O) groups excluding carboxylic acids is 2. The van der Waals surface area contributed by atoms with Crippen molar-refractivity contribution in [3.63, 3.8) is 0 Å². The van der Waals surface area contributed by atoms with Gasteiger partial charge in [-0.2, -0.15) is 0 Å². The van der Waals surface area contributed by atoms with Gasteiger partial charge in [0.25, 0.3) is 5.89 Å². The molecular formula is C25H30N4O3.